The lowest BCUT2D eigenvalue weighted by atomic mass is 10.1. The number of halogens is 1. The Labute approximate surface area is 109 Å². The number of nitrogens with zero attached hydrogens (tertiary/aromatic N) is 2. The molecule has 0 radical (unpaired) electrons. The van der Waals surface area contributed by atoms with E-state index < -0.39 is 0 Å². The Morgan fingerprint density at radius 3 is 3.06 bits per heavy atom. The van der Waals surface area contributed by atoms with Crippen molar-refractivity contribution in [3.05, 3.63) is 46.6 Å². The second kappa shape index (κ2) is 5.64. The van der Waals surface area contributed by atoms with Crippen LogP contribution in [0.3, 0.4) is 0 Å². The van der Waals surface area contributed by atoms with Crippen molar-refractivity contribution in [2.24, 2.45) is 0 Å². The molecule has 0 aliphatic carbocycles. The third-order valence-electron chi connectivity index (χ3n) is 2.35. The molecule has 1 aromatic carbocycles. The number of hydrogen-bond donors (Lipinski definition) is 1. The lowest BCUT2D eigenvalue weighted by Gasteiger charge is -1.96. The SMILES string of the molecule is CNC(=O)Cc1noc(Cc2cccc(Cl)c2)n1. The van der Waals surface area contributed by atoms with E-state index in [0.717, 1.165) is 5.56 Å². The number of rotatable bonds is 4. The molecule has 18 heavy (non-hydrogen) atoms. The highest BCUT2D eigenvalue weighted by Gasteiger charge is 2.10. The van der Waals surface area contributed by atoms with Crippen LogP contribution in [-0.4, -0.2) is 23.1 Å². The van der Waals surface area contributed by atoms with E-state index in [9.17, 15) is 4.79 Å². The smallest absolute Gasteiger partial charge is 0.231 e. The average Bonchev–Trinajstić information content (AvgIpc) is 2.76. The maximum Gasteiger partial charge on any atom is 0.231 e. The standard InChI is InChI=1S/C12H12ClN3O2/c1-14-11(17)7-10-15-12(18-16-10)6-8-3-2-4-9(13)5-8/h2-5H,6-7H2,1H3,(H,14,17). The average molecular weight is 266 g/mol. The first-order valence-electron chi connectivity index (χ1n) is 5.44. The molecule has 0 bridgehead atoms. The van der Waals surface area contributed by atoms with Crippen molar-refractivity contribution < 1.29 is 9.32 Å². The van der Waals surface area contributed by atoms with E-state index in [1.165, 1.54) is 0 Å². The summed E-state index contributed by atoms with van der Waals surface area (Å²) in [6, 6.07) is 7.42. The van der Waals surface area contributed by atoms with Crippen LogP contribution >= 0.6 is 11.6 Å². The van der Waals surface area contributed by atoms with E-state index in [-0.39, 0.29) is 12.3 Å². The number of likely N-dealkylation sites (N-methyl/N-ethyl adjacent to an activating group) is 1. The number of hydrogen-bond acceptors (Lipinski definition) is 4. The molecule has 1 N–H and O–H groups in total. The Bertz CT molecular complexity index is 554. The van der Waals surface area contributed by atoms with Gasteiger partial charge < -0.3 is 9.84 Å². The summed E-state index contributed by atoms with van der Waals surface area (Å²) in [6.07, 6.45) is 0.622. The van der Waals surface area contributed by atoms with Crippen molar-refractivity contribution in [2.75, 3.05) is 7.05 Å². The minimum Gasteiger partial charge on any atom is -0.359 e. The van der Waals surface area contributed by atoms with Crippen molar-refractivity contribution in [3.63, 3.8) is 0 Å². The van der Waals surface area contributed by atoms with E-state index in [1.54, 1.807) is 13.1 Å². The van der Waals surface area contributed by atoms with Gasteiger partial charge in [0.2, 0.25) is 11.8 Å². The molecule has 2 aromatic rings. The van der Waals surface area contributed by atoms with Crippen molar-refractivity contribution in [3.8, 4) is 0 Å². The summed E-state index contributed by atoms with van der Waals surface area (Å²) < 4.78 is 5.07. The van der Waals surface area contributed by atoms with E-state index in [0.29, 0.717) is 23.2 Å². The van der Waals surface area contributed by atoms with Gasteiger partial charge in [-0.25, -0.2) is 0 Å². The van der Waals surface area contributed by atoms with Crippen LogP contribution in [0.1, 0.15) is 17.3 Å². The van der Waals surface area contributed by atoms with E-state index in [2.05, 4.69) is 15.5 Å². The van der Waals surface area contributed by atoms with Gasteiger partial charge in [-0.2, -0.15) is 4.98 Å². The fraction of sp³-hybridized carbons (Fsp3) is 0.250. The molecule has 94 valence electrons. The summed E-state index contributed by atoms with van der Waals surface area (Å²) in [6.45, 7) is 0. The second-order valence-corrected chi connectivity index (χ2v) is 4.20. The highest BCUT2D eigenvalue weighted by Crippen LogP contribution is 2.13. The molecule has 1 amide bonds. The molecule has 6 heteroatoms. The van der Waals surface area contributed by atoms with Gasteiger partial charge in [0.05, 0.1) is 12.8 Å². The Kier molecular flexibility index (Phi) is 3.94. The van der Waals surface area contributed by atoms with Crippen LogP contribution in [0.15, 0.2) is 28.8 Å². The maximum atomic E-state index is 11.1. The number of benzene rings is 1. The van der Waals surface area contributed by atoms with Crippen molar-refractivity contribution in [1.82, 2.24) is 15.5 Å². The van der Waals surface area contributed by atoms with Crippen LogP contribution in [0.5, 0.6) is 0 Å². The minimum atomic E-state index is -0.148. The molecule has 5 nitrogen and oxygen atoms in total. The molecule has 0 spiro atoms. The van der Waals surface area contributed by atoms with Gasteiger partial charge in [0, 0.05) is 12.1 Å². The summed E-state index contributed by atoms with van der Waals surface area (Å²) >= 11 is 5.88. The Morgan fingerprint density at radius 1 is 1.50 bits per heavy atom. The quantitative estimate of drug-likeness (QED) is 0.912. The predicted octanol–water partition coefficient (Wildman–Crippen LogP) is 1.60. The first-order chi connectivity index (χ1) is 8.67. The number of aromatic nitrogens is 2. The van der Waals surface area contributed by atoms with Gasteiger partial charge in [-0.1, -0.05) is 28.9 Å². The van der Waals surface area contributed by atoms with Crippen LogP contribution < -0.4 is 5.32 Å². The van der Waals surface area contributed by atoms with Crippen LogP contribution in [0.25, 0.3) is 0 Å². The first-order valence-corrected chi connectivity index (χ1v) is 5.81. The van der Waals surface area contributed by atoms with Gasteiger partial charge in [-0.15, -0.1) is 0 Å². The molecule has 0 atom stereocenters. The molecule has 1 heterocycles. The van der Waals surface area contributed by atoms with Gasteiger partial charge in [0.25, 0.3) is 0 Å². The molecule has 0 saturated carbocycles. The zero-order valence-corrected chi connectivity index (χ0v) is 10.6. The molecule has 0 aliphatic rings. The van der Waals surface area contributed by atoms with Crippen LogP contribution in [0, 0.1) is 0 Å². The Hall–Kier alpha value is -1.88. The molecular formula is C12H12ClN3O2. The van der Waals surface area contributed by atoms with E-state index in [1.807, 2.05) is 18.2 Å². The first kappa shape index (κ1) is 12.6. The monoisotopic (exact) mass is 265 g/mol. The van der Waals surface area contributed by atoms with Gasteiger partial charge in [0.15, 0.2) is 5.82 Å². The molecular weight excluding hydrogens is 254 g/mol. The Morgan fingerprint density at radius 2 is 2.33 bits per heavy atom. The minimum absolute atomic E-state index is 0.121. The largest absolute Gasteiger partial charge is 0.359 e. The Balaban J connectivity index is 2.04. The van der Waals surface area contributed by atoms with Crippen molar-refractivity contribution in [1.29, 1.82) is 0 Å². The molecule has 2 rings (SSSR count). The van der Waals surface area contributed by atoms with E-state index >= 15 is 0 Å². The lowest BCUT2D eigenvalue weighted by Crippen LogP contribution is -2.20. The molecule has 0 fully saturated rings. The number of nitrogens with one attached hydrogen (secondary N) is 1. The van der Waals surface area contributed by atoms with E-state index in [4.69, 9.17) is 16.1 Å². The fourth-order valence-corrected chi connectivity index (χ4v) is 1.70. The normalized spacial score (nSPS) is 10.3. The molecule has 1 aromatic heterocycles. The third-order valence-corrected chi connectivity index (χ3v) is 2.59. The zero-order valence-electron chi connectivity index (χ0n) is 9.81. The second-order valence-electron chi connectivity index (χ2n) is 3.76. The summed E-state index contributed by atoms with van der Waals surface area (Å²) in [5.74, 6) is 0.702. The highest BCUT2D eigenvalue weighted by molar-refractivity contribution is 6.30. The molecule has 0 unspecified atom stereocenters. The third kappa shape index (κ3) is 3.30. The van der Waals surface area contributed by atoms with Gasteiger partial charge in [-0.3, -0.25) is 4.79 Å². The van der Waals surface area contributed by atoms with Gasteiger partial charge in [0.1, 0.15) is 0 Å². The van der Waals surface area contributed by atoms with Gasteiger partial charge in [-0.05, 0) is 17.7 Å². The molecule has 0 saturated heterocycles. The summed E-state index contributed by atoms with van der Waals surface area (Å²) in [7, 11) is 1.56. The summed E-state index contributed by atoms with van der Waals surface area (Å²) in [5.41, 5.74) is 0.984. The summed E-state index contributed by atoms with van der Waals surface area (Å²) in [4.78, 5) is 15.3. The number of amides is 1. The van der Waals surface area contributed by atoms with Gasteiger partial charge >= 0.3 is 0 Å². The molecule has 0 aliphatic heterocycles. The topological polar surface area (TPSA) is 68.0 Å². The lowest BCUT2D eigenvalue weighted by molar-refractivity contribution is -0.120. The predicted molar refractivity (Wildman–Crippen MR) is 66.3 cm³/mol. The van der Waals surface area contributed by atoms with Crippen LogP contribution in [-0.2, 0) is 17.6 Å². The van der Waals surface area contributed by atoms with Crippen LogP contribution in [0.4, 0.5) is 0 Å². The van der Waals surface area contributed by atoms with Crippen molar-refractivity contribution in [2.45, 2.75) is 12.8 Å². The number of carbonyl (C=O) groups excluding carboxylic acids is 1. The van der Waals surface area contributed by atoms with Crippen molar-refractivity contribution >= 4 is 17.5 Å². The fourth-order valence-electron chi connectivity index (χ4n) is 1.49. The highest BCUT2D eigenvalue weighted by atomic mass is 35.5. The summed E-state index contributed by atoms with van der Waals surface area (Å²) in [5, 5.41) is 6.91. The maximum absolute atomic E-state index is 11.1. The zero-order chi connectivity index (χ0) is 13.0. The van der Waals surface area contributed by atoms with Crippen LogP contribution in [0.2, 0.25) is 5.02 Å². The number of carbonyl (C=O) groups is 1.